The molecule has 0 aliphatic heterocycles. The predicted molar refractivity (Wildman–Crippen MR) is 82.6 cm³/mol. The average molecular weight is 289 g/mol. The highest BCUT2D eigenvalue weighted by atomic mass is 32.2. The second kappa shape index (κ2) is 5.67. The average Bonchev–Trinajstić information content (AvgIpc) is 2.43. The number of sulfonamides is 1. The lowest BCUT2D eigenvalue weighted by molar-refractivity contribution is 0.591. The molecule has 0 amide bonds. The van der Waals surface area contributed by atoms with E-state index in [9.17, 15) is 8.42 Å². The van der Waals surface area contributed by atoms with Crippen molar-refractivity contribution in [1.29, 1.82) is 0 Å². The SMILES string of the molecule is CCN(c1ccccc1)S(=O)(=O)c1cc(C)ccc1C. The Morgan fingerprint density at radius 3 is 2.25 bits per heavy atom. The van der Waals surface area contributed by atoms with Gasteiger partial charge in [0.25, 0.3) is 10.0 Å². The number of hydrogen-bond acceptors (Lipinski definition) is 2. The van der Waals surface area contributed by atoms with Gasteiger partial charge in [0.15, 0.2) is 0 Å². The smallest absolute Gasteiger partial charge is 0.264 e. The number of hydrogen-bond donors (Lipinski definition) is 0. The van der Waals surface area contributed by atoms with E-state index in [0.717, 1.165) is 11.1 Å². The van der Waals surface area contributed by atoms with Gasteiger partial charge in [-0.2, -0.15) is 0 Å². The van der Waals surface area contributed by atoms with Gasteiger partial charge in [-0.25, -0.2) is 8.42 Å². The molecule has 0 heterocycles. The van der Waals surface area contributed by atoms with Gasteiger partial charge in [0.1, 0.15) is 0 Å². The molecule has 4 heteroatoms. The van der Waals surface area contributed by atoms with Gasteiger partial charge in [0.05, 0.1) is 10.6 Å². The van der Waals surface area contributed by atoms with Gasteiger partial charge in [0.2, 0.25) is 0 Å². The van der Waals surface area contributed by atoms with Crippen molar-refractivity contribution in [1.82, 2.24) is 0 Å². The van der Waals surface area contributed by atoms with Crippen LogP contribution in [-0.4, -0.2) is 15.0 Å². The van der Waals surface area contributed by atoms with E-state index < -0.39 is 10.0 Å². The van der Waals surface area contributed by atoms with Crippen molar-refractivity contribution in [2.75, 3.05) is 10.8 Å². The zero-order chi connectivity index (χ0) is 14.8. The summed E-state index contributed by atoms with van der Waals surface area (Å²) >= 11 is 0. The van der Waals surface area contributed by atoms with E-state index >= 15 is 0 Å². The second-order valence-electron chi connectivity index (χ2n) is 4.77. The molecule has 0 aliphatic carbocycles. The van der Waals surface area contributed by atoms with Crippen LogP contribution in [0, 0.1) is 13.8 Å². The molecule has 2 aromatic rings. The van der Waals surface area contributed by atoms with E-state index in [0.29, 0.717) is 17.1 Å². The van der Waals surface area contributed by atoms with Crippen LogP contribution in [0.1, 0.15) is 18.1 Å². The van der Waals surface area contributed by atoms with Crippen LogP contribution in [0.3, 0.4) is 0 Å². The van der Waals surface area contributed by atoms with Crippen molar-refractivity contribution in [3.05, 3.63) is 59.7 Å². The van der Waals surface area contributed by atoms with E-state index in [4.69, 9.17) is 0 Å². The second-order valence-corrected chi connectivity index (χ2v) is 6.61. The number of rotatable bonds is 4. The summed E-state index contributed by atoms with van der Waals surface area (Å²) in [6.45, 7) is 5.97. The maximum Gasteiger partial charge on any atom is 0.264 e. The largest absolute Gasteiger partial charge is 0.267 e. The normalized spacial score (nSPS) is 11.3. The molecular formula is C16H19NO2S. The molecule has 106 valence electrons. The van der Waals surface area contributed by atoms with Crippen molar-refractivity contribution >= 4 is 15.7 Å². The van der Waals surface area contributed by atoms with Crippen molar-refractivity contribution < 1.29 is 8.42 Å². The molecule has 0 unspecified atom stereocenters. The number of para-hydroxylation sites is 1. The highest BCUT2D eigenvalue weighted by Crippen LogP contribution is 2.25. The van der Waals surface area contributed by atoms with Crippen LogP contribution in [0.25, 0.3) is 0 Å². The zero-order valence-electron chi connectivity index (χ0n) is 12.0. The number of aryl methyl sites for hydroxylation is 2. The summed E-state index contributed by atoms with van der Waals surface area (Å²) in [5.41, 5.74) is 2.40. The molecule has 0 saturated carbocycles. The van der Waals surface area contributed by atoms with Gasteiger partial charge in [-0.05, 0) is 50.1 Å². The van der Waals surface area contributed by atoms with E-state index in [1.807, 2.05) is 63.2 Å². The molecule has 0 N–H and O–H groups in total. The minimum Gasteiger partial charge on any atom is -0.267 e. The summed E-state index contributed by atoms with van der Waals surface area (Å²) in [6, 6.07) is 14.7. The minimum absolute atomic E-state index is 0.378. The lowest BCUT2D eigenvalue weighted by Gasteiger charge is -2.24. The molecule has 0 fully saturated rings. The van der Waals surface area contributed by atoms with Gasteiger partial charge < -0.3 is 0 Å². The molecule has 3 nitrogen and oxygen atoms in total. The summed E-state index contributed by atoms with van der Waals surface area (Å²) in [7, 11) is -3.52. The number of anilines is 1. The Kier molecular flexibility index (Phi) is 4.14. The van der Waals surface area contributed by atoms with E-state index in [2.05, 4.69) is 0 Å². The minimum atomic E-state index is -3.52. The Morgan fingerprint density at radius 2 is 1.65 bits per heavy atom. The fourth-order valence-corrected chi connectivity index (χ4v) is 3.98. The third-order valence-electron chi connectivity index (χ3n) is 3.24. The molecule has 0 spiro atoms. The first-order valence-corrected chi connectivity index (χ1v) is 8.06. The fraction of sp³-hybridized carbons (Fsp3) is 0.250. The van der Waals surface area contributed by atoms with Crippen LogP contribution in [0.5, 0.6) is 0 Å². The van der Waals surface area contributed by atoms with Gasteiger partial charge in [-0.3, -0.25) is 4.31 Å². The fourth-order valence-electron chi connectivity index (χ4n) is 2.19. The van der Waals surface area contributed by atoms with Crippen LogP contribution in [0.15, 0.2) is 53.4 Å². The van der Waals surface area contributed by atoms with Gasteiger partial charge in [-0.1, -0.05) is 30.3 Å². The lowest BCUT2D eigenvalue weighted by Crippen LogP contribution is -2.31. The first-order chi connectivity index (χ1) is 9.46. The lowest BCUT2D eigenvalue weighted by atomic mass is 10.2. The molecule has 20 heavy (non-hydrogen) atoms. The molecule has 0 saturated heterocycles. The summed E-state index contributed by atoms with van der Waals surface area (Å²) in [4.78, 5) is 0.378. The predicted octanol–water partition coefficient (Wildman–Crippen LogP) is 3.52. The Labute approximate surface area is 120 Å². The quantitative estimate of drug-likeness (QED) is 0.863. The first-order valence-electron chi connectivity index (χ1n) is 6.62. The molecular weight excluding hydrogens is 270 g/mol. The van der Waals surface area contributed by atoms with Gasteiger partial charge in [-0.15, -0.1) is 0 Å². The monoisotopic (exact) mass is 289 g/mol. The van der Waals surface area contributed by atoms with Crippen LogP contribution in [-0.2, 0) is 10.0 Å². The first kappa shape index (κ1) is 14.6. The molecule has 0 bridgehead atoms. The van der Waals surface area contributed by atoms with Gasteiger partial charge in [0, 0.05) is 6.54 Å². The van der Waals surface area contributed by atoms with Crippen molar-refractivity contribution in [3.63, 3.8) is 0 Å². The highest BCUT2D eigenvalue weighted by Gasteiger charge is 2.25. The maximum absolute atomic E-state index is 12.9. The third-order valence-corrected chi connectivity index (χ3v) is 5.29. The summed E-state index contributed by atoms with van der Waals surface area (Å²) < 4.78 is 27.2. The standard InChI is InChI=1S/C16H19NO2S/c1-4-17(15-8-6-5-7-9-15)20(18,19)16-12-13(2)10-11-14(16)3/h5-12H,4H2,1-3H3. The van der Waals surface area contributed by atoms with Crippen LogP contribution < -0.4 is 4.31 Å². The molecule has 0 aliphatic rings. The number of nitrogens with zero attached hydrogens (tertiary/aromatic N) is 1. The molecule has 2 rings (SSSR count). The summed E-state index contributed by atoms with van der Waals surface area (Å²) in [5, 5.41) is 0. The van der Waals surface area contributed by atoms with Gasteiger partial charge >= 0.3 is 0 Å². The molecule has 2 aromatic carbocycles. The zero-order valence-corrected chi connectivity index (χ0v) is 12.8. The Balaban J connectivity index is 2.56. The van der Waals surface area contributed by atoms with Crippen molar-refractivity contribution in [3.8, 4) is 0 Å². The van der Waals surface area contributed by atoms with E-state index in [-0.39, 0.29) is 0 Å². The Bertz CT molecular complexity index is 694. The Morgan fingerprint density at radius 1 is 1.00 bits per heavy atom. The van der Waals surface area contributed by atoms with Crippen LogP contribution in [0.4, 0.5) is 5.69 Å². The Hall–Kier alpha value is -1.81. The molecule has 0 radical (unpaired) electrons. The van der Waals surface area contributed by atoms with Crippen molar-refractivity contribution in [2.24, 2.45) is 0 Å². The highest BCUT2D eigenvalue weighted by molar-refractivity contribution is 7.92. The summed E-state index contributed by atoms with van der Waals surface area (Å²) in [6.07, 6.45) is 0. The molecule has 0 atom stereocenters. The molecule has 0 aromatic heterocycles. The van der Waals surface area contributed by atoms with Crippen LogP contribution in [0.2, 0.25) is 0 Å². The van der Waals surface area contributed by atoms with Crippen molar-refractivity contribution in [2.45, 2.75) is 25.7 Å². The topological polar surface area (TPSA) is 37.4 Å². The maximum atomic E-state index is 12.9. The third kappa shape index (κ3) is 2.70. The van der Waals surface area contributed by atoms with Crippen LogP contribution >= 0.6 is 0 Å². The van der Waals surface area contributed by atoms with E-state index in [1.165, 1.54) is 4.31 Å². The summed E-state index contributed by atoms with van der Waals surface area (Å²) in [5.74, 6) is 0. The number of benzene rings is 2. The van der Waals surface area contributed by atoms with E-state index in [1.54, 1.807) is 6.07 Å².